The monoisotopic (exact) mass is 418 g/mol. The number of benzene rings is 2. The van der Waals surface area contributed by atoms with Gasteiger partial charge in [0.05, 0.1) is 18.3 Å². The zero-order valence-electron chi connectivity index (χ0n) is 19.3. The van der Waals surface area contributed by atoms with Crippen LogP contribution in [-0.2, 0) is 4.79 Å². The SMILES string of the molecule is CCN1CCN(CC(=O)N2N=C(c3cc(C)ccc3C)CC2c2ccc(C)cc2)CC1. The highest BCUT2D eigenvalue weighted by molar-refractivity contribution is 6.04. The minimum absolute atomic E-state index is 0.0417. The van der Waals surface area contributed by atoms with Crippen LogP contribution in [0.3, 0.4) is 0 Å². The van der Waals surface area contributed by atoms with Crippen molar-refractivity contribution in [2.75, 3.05) is 39.3 Å². The number of piperazine rings is 1. The van der Waals surface area contributed by atoms with E-state index in [1.54, 1.807) is 5.01 Å². The zero-order valence-corrected chi connectivity index (χ0v) is 19.3. The molecule has 1 atom stereocenters. The molecule has 2 aromatic carbocycles. The molecule has 0 saturated carbocycles. The summed E-state index contributed by atoms with van der Waals surface area (Å²) in [5.74, 6) is 0.0934. The molecule has 2 aromatic rings. The van der Waals surface area contributed by atoms with Crippen molar-refractivity contribution in [3.63, 3.8) is 0 Å². The average molecular weight is 419 g/mol. The van der Waals surface area contributed by atoms with Crippen molar-refractivity contribution in [3.05, 3.63) is 70.3 Å². The number of carbonyl (C=O) groups excluding carboxylic acids is 1. The average Bonchev–Trinajstić information content (AvgIpc) is 3.22. The van der Waals surface area contributed by atoms with E-state index < -0.39 is 0 Å². The Bertz CT molecular complexity index is 958. The molecule has 1 saturated heterocycles. The lowest BCUT2D eigenvalue weighted by Gasteiger charge is -2.34. The van der Waals surface area contributed by atoms with Crippen molar-refractivity contribution in [2.45, 2.75) is 40.2 Å². The second kappa shape index (κ2) is 9.33. The van der Waals surface area contributed by atoms with Gasteiger partial charge in [-0.05, 0) is 44.5 Å². The minimum atomic E-state index is -0.0417. The largest absolute Gasteiger partial charge is 0.301 e. The van der Waals surface area contributed by atoms with Crippen molar-refractivity contribution in [1.29, 1.82) is 0 Å². The van der Waals surface area contributed by atoms with E-state index in [4.69, 9.17) is 5.10 Å². The summed E-state index contributed by atoms with van der Waals surface area (Å²) in [6.07, 6.45) is 0.753. The lowest BCUT2D eigenvalue weighted by atomic mass is 9.94. The van der Waals surface area contributed by atoms with Crippen LogP contribution in [-0.4, -0.2) is 65.7 Å². The molecule has 0 N–H and O–H groups in total. The first kappa shape index (κ1) is 21.7. The van der Waals surface area contributed by atoms with E-state index in [0.717, 1.165) is 56.0 Å². The van der Waals surface area contributed by atoms with Gasteiger partial charge >= 0.3 is 0 Å². The topological polar surface area (TPSA) is 39.1 Å². The maximum Gasteiger partial charge on any atom is 0.257 e. The molecule has 2 heterocycles. The summed E-state index contributed by atoms with van der Waals surface area (Å²) >= 11 is 0. The molecule has 1 fully saturated rings. The Kier molecular flexibility index (Phi) is 6.54. The number of nitrogens with zero attached hydrogens (tertiary/aromatic N) is 4. The molecule has 5 heteroatoms. The lowest BCUT2D eigenvalue weighted by molar-refractivity contribution is -0.134. The Morgan fingerprint density at radius 2 is 1.58 bits per heavy atom. The second-order valence-electron chi connectivity index (χ2n) is 8.94. The van der Waals surface area contributed by atoms with Crippen molar-refractivity contribution >= 4 is 11.6 Å². The Labute approximate surface area is 186 Å². The van der Waals surface area contributed by atoms with E-state index in [-0.39, 0.29) is 11.9 Å². The van der Waals surface area contributed by atoms with Gasteiger partial charge in [-0.1, -0.05) is 54.4 Å². The molecule has 4 rings (SSSR count). The van der Waals surface area contributed by atoms with E-state index in [1.807, 2.05) is 0 Å². The number of amides is 1. The van der Waals surface area contributed by atoms with E-state index >= 15 is 0 Å². The number of rotatable bonds is 5. The van der Waals surface area contributed by atoms with E-state index in [9.17, 15) is 4.79 Å². The fraction of sp³-hybridized carbons (Fsp3) is 0.462. The number of hydrogen-bond donors (Lipinski definition) is 0. The van der Waals surface area contributed by atoms with Gasteiger partial charge in [-0.25, -0.2) is 5.01 Å². The quantitative estimate of drug-likeness (QED) is 0.739. The van der Waals surface area contributed by atoms with Gasteiger partial charge in [0.1, 0.15) is 0 Å². The molecule has 2 aliphatic rings. The summed E-state index contributed by atoms with van der Waals surface area (Å²) in [6.45, 7) is 14.0. The molecule has 0 radical (unpaired) electrons. The van der Waals surface area contributed by atoms with Gasteiger partial charge in [0.15, 0.2) is 0 Å². The van der Waals surface area contributed by atoms with Crippen LogP contribution in [0.2, 0.25) is 0 Å². The van der Waals surface area contributed by atoms with Crippen molar-refractivity contribution in [2.24, 2.45) is 5.10 Å². The van der Waals surface area contributed by atoms with Crippen LogP contribution >= 0.6 is 0 Å². The van der Waals surface area contributed by atoms with Crippen LogP contribution in [0.4, 0.5) is 0 Å². The highest BCUT2D eigenvalue weighted by Gasteiger charge is 2.34. The van der Waals surface area contributed by atoms with Crippen LogP contribution < -0.4 is 0 Å². The van der Waals surface area contributed by atoms with Crippen LogP contribution in [0, 0.1) is 20.8 Å². The molecule has 0 spiro atoms. The number of hydrazone groups is 1. The summed E-state index contributed by atoms with van der Waals surface area (Å²) in [7, 11) is 0. The number of likely N-dealkylation sites (N-methyl/N-ethyl adjacent to an activating group) is 1. The van der Waals surface area contributed by atoms with Gasteiger partial charge in [0.2, 0.25) is 0 Å². The normalized spacial score (nSPS) is 20.2. The van der Waals surface area contributed by atoms with Gasteiger partial charge in [0.25, 0.3) is 5.91 Å². The third-order valence-electron chi connectivity index (χ3n) is 6.60. The molecule has 2 aliphatic heterocycles. The summed E-state index contributed by atoms with van der Waals surface area (Å²) in [5, 5.41) is 6.66. The van der Waals surface area contributed by atoms with Gasteiger partial charge in [-0.15, -0.1) is 0 Å². The third kappa shape index (κ3) is 4.89. The fourth-order valence-electron chi connectivity index (χ4n) is 4.53. The summed E-state index contributed by atoms with van der Waals surface area (Å²) in [6, 6.07) is 15.0. The Hall–Kier alpha value is -2.50. The first-order valence-electron chi connectivity index (χ1n) is 11.4. The van der Waals surface area contributed by atoms with Crippen molar-refractivity contribution < 1.29 is 4.79 Å². The summed E-state index contributed by atoms with van der Waals surface area (Å²) in [5.41, 5.74) is 6.97. The van der Waals surface area contributed by atoms with Crippen LogP contribution in [0.5, 0.6) is 0 Å². The highest BCUT2D eigenvalue weighted by atomic mass is 16.2. The molecular weight excluding hydrogens is 384 g/mol. The Morgan fingerprint density at radius 1 is 0.935 bits per heavy atom. The van der Waals surface area contributed by atoms with E-state index in [2.05, 4.69) is 80.0 Å². The molecule has 0 aliphatic carbocycles. The molecule has 31 heavy (non-hydrogen) atoms. The number of hydrogen-bond acceptors (Lipinski definition) is 4. The maximum absolute atomic E-state index is 13.4. The molecule has 0 bridgehead atoms. The van der Waals surface area contributed by atoms with Crippen LogP contribution in [0.15, 0.2) is 47.6 Å². The Balaban J connectivity index is 1.58. The van der Waals surface area contributed by atoms with Crippen LogP contribution in [0.25, 0.3) is 0 Å². The van der Waals surface area contributed by atoms with Crippen molar-refractivity contribution in [1.82, 2.24) is 14.8 Å². The zero-order chi connectivity index (χ0) is 22.0. The van der Waals surface area contributed by atoms with Gasteiger partial charge in [0, 0.05) is 38.2 Å². The lowest BCUT2D eigenvalue weighted by Crippen LogP contribution is -2.49. The molecule has 5 nitrogen and oxygen atoms in total. The van der Waals surface area contributed by atoms with Gasteiger partial charge in [-0.2, -0.15) is 5.10 Å². The predicted octanol–water partition coefficient (Wildman–Crippen LogP) is 3.93. The van der Waals surface area contributed by atoms with Crippen LogP contribution in [0.1, 0.15) is 47.2 Å². The van der Waals surface area contributed by atoms with E-state index in [0.29, 0.717) is 6.54 Å². The highest BCUT2D eigenvalue weighted by Crippen LogP contribution is 2.34. The third-order valence-corrected chi connectivity index (χ3v) is 6.60. The molecular formula is C26H34N4O. The fourth-order valence-corrected chi connectivity index (χ4v) is 4.53. The number of carbonyl (C=O) groups is 1. The molecule has 1 unspecified atom stereocenters. The standard InChI is InChI=1S/C26H34N4O/c1-5-28-12-14-29(15-13-28)18-26(31)30-25(22-10-7-19(2)8-11-22)17-24(27-30)23-16-20(3)6-9-21(23)4/h6-11,16,25H,5,12-15,17-18H2,1-4H3. The van der Waals surface area contributed by atoms with Gasteiger partial charge < -0.3 is 4.90 Å². The Morgan fingerprint density at radius 3 is 2.26 bits per heavy atom. The predicted molar refractivity (Wildman–Crippen MR) is 126 cm³/mol. The molecule has 0 aromatic heterocycles. The minimum Gasteiger partial charge on any atom is -0.301 e. The molecule has 1 amide bonds. The maximum atomic E-state index is 13.4. The number of aryl methyl sites for hydroxylation is 3. The van der Waals surface area contributed by atoms with Gasteiger partial charge in [-0.3, -0.25) is 9.69 Å². The van der Waals surface area contributed by atoms with E-state index in [1.165, 1.54) is 16.7 Å². The summed E-state index contributed by atoms with van der Waals surface area (Å²) < 4.78 is 0. The first-order valence-corrected chi connectivity index (χ1v) is 11.4. The summed E-state index contributed by atoms with van der Waals surface area (Å²) in [4.78, 5) is 18.1. The second-order valence-corrected chi connectivity index (χ2v) is 8.94. The van der Waals surface area contributed by atoms with Crippen molar-refractivity contribution in [3.8, 4) is 0 Å². The smallest absolute Gasteiger partial charge is 0.257 e. The molecule has 164 valence electrons. The first-order chi connectivity index (χ1) is 14.9.